The van der Waals surface area contributed by atoms with E-state index in [4.69, 9.17) is 4.74 Å². The Kier molecular flexibility index (Phi) is 5.27. The molecule has 2 unspecified atom stereocenters. The van der Waals surface area contributed by atoms with E-state index in [2.05, 4.69) is 20.3 Å². The fourth-order valence-corrected chi connectivity index (χ4v) is 3.54. The fraction of sp³-hybridized carbons (Fsp3) is 0.562. The Balaban J connectivity index is 1.56. The highest BCUT2D eigenvalue weighted by atomic mass is 32.1. The highest BCUT2D eigenvalue weighted by Gasteiger charge is 2.28. The molecule has 0 aromatic carbocycles. The molecule has 2 aromatic heterocycles. The normalized spacial score (nSPS) is 20.0. The molecule has 2 aromatic rings. The van der Waals surface area contributed by atoms with E-state index in [1.165, 1.54) is 11.3 Å². The van der Waals surface area contributed by atoms with Crippen LogP contribution in [0.4, 0.5) is 5.13 Å². The van der Waals surface area contributed by atoms with E-state index in [1.807, 2.05) is 37.7 Å². The van der Waals surface area contributed by atoms with E-state index < -0.39 is 0 Å². The van der Waals surface area contributed by atoms with Crippen LogP contribution in [0, 0.1) is 13.8 Å². The molecule has 1 aliphatic heterocycles. The van der Waals surface area contributed by atoms with Crippen molar-refractivity contribution in [2.75, 3.05) is 25.0 Å². The third-order valence-electron chi connectivity index (χ3n) is 4.31. The number of morpholine rings is 1. The van der Waals surface area contributed by atoms with Gasteiger partial charge in [-0.3, -0.25) is 14.4 Å². The van der Waals surface area contributed by atoms with Crippen LogP contribution in [-0.2, 0) is 16.1 Å². The SMILES string of the molecule is Cc1nc(NC(=O)C(C)N2CCOC(Cn3cccn3)C2)sc1C. The van der Waals surface area contributed by atoms with Crippen LogP contribution in [0.15, 0.2) is 18.5 Å². The van der Waals surface area contributed by atoms with Gasteiger partial charge in [0.1, 0.15) is 0 Å². The Morgan fingerprint density at radius 2 is 2.38 bits per heavy atom. The first kappa shape index (κ1) is 17.1. The number of aryl methyl sites for hydroxylation is 2. The number of hydrogen-bond acceptors (Lipinski definition) is 6. The van der Waals surface area contributed by atoms with Gasteiger partial charge in [-0.05, 0) is 26.8 Å². The van der Waals surface area contributed by atoms with Gasteiger partial charge < -0.3 is 10.1 Å². The lowest BCUT2D eigenvalue weighted by atomic mass is 10.2. The Labute approximate surface area is 145 Å². The monoisotopic (exact) mass is 349 g/mol. The first-order chi connectivity index (χ1) is 11.5. The number of thiazole rings is 1. The van der Waals surface area contributed by atoms with Crippen molar-refractivity contribution in [3.05, 3.63) is 29.0 Å². The molecule has 0 bridgehead atoms. The molecule has 1 aliphatic rings. The number of nitrogens with zero attached hydrogens (tertiary/aromatic N) is 4. The standard InChI is InChI=1S/C16H23N5O2S/c1-11-13(3)24-16(18-11)19-15(22)12(2)20-7-8-23-14(9-20)10-21-6-4-5-17-21/h4-6,12,14H,7-10H2,1-3H3,(H,18,19,22). The van der Waals surface area contributed by atoms with E-state index in [1.54, 1.807) is 6.20 Å². The first-order valence-electron chi connectivity index (χ1n) is 8.11. The summed E-state index contributed by atoms with van der Waals surface area (Å²) in [4.78, 5) is 20.2. The van der Waals surface area contributed by atoms with Crippen LogP contribution in [-0.4, -0.2) is 57.4 Å². The van der Waals surface area contributed by atoms with Crippen molar-refractivity contribution in [3.63, 3.8) is 0 Å². The molecule has 8 heteroatoms. The summed E-state index contributed by atoms with van der Waals surface area (Å²) < 4.78 is 7.67. The van der Waals surface area contributed by atoms with Crippen LogP contribution < -0.4 is 5.32 Å². The van der Waals surface area contributed by atoms with E-state index in [9.17, 15) is 4.79 Å². The number of carbonyl (C=O) groups excluding carboxylic acids is 1. The van der Waals surface area contributed by atoms with Crippen molar-refractivity contribution in [3.8, 4) is 0 Å². The van der Waals surface area contributed by atoms with Gasteiger partial charge in [-0.15, -0.1) is 11.3 Å². The number of hydrogen-bond donors (Lipinski definition) is 1. The molecule has 3 heterocycles. The Hall–Kier alpha value is -1.77. The molecule has 24 heavy (non-hydrogen) atoms. The zero-order valence-corrected chi connectivity index (χ0v) is 15.0. The summed E-state index contributed by atoms with van der Waals surface area (Å²) in [6, 6.07) is 1.67. The van der Waals surface area contributed by atoms with Gasteiger partial charge >= 0.3 is 0 Å². The van der Waals surface area contributed by atoms with Crippen LogP contribution in [0.2, 0.25) is 0 Å². The van der Waals surface area contributed by atoms with Crippen LogP contribution >= 0.6 is 11.3 Å². The quantitative estimate of drug-likeness (QED) is 0.889. The third-order valence-corrected chi connectivity index (χ3v) is 5.29. The van der Waals surface area contributed by atoms with E-state index in [0.29, 0.717) is 24.8 Å². The molecule has 1 amide bonds. The molecule has 0 spiro atoms. The number of carbonyl (C=O) groups is 1. The summed E-state index contributed by atoms with van der Waals surface area (Å²) in [5.41, 5.74) is 0.966. The Bertz CT molecular complexity index is 665. The zero-order chi connectivity index (χ0) is 17.1. The van der Waals surface area contributed by atoms with Gasteiger partial charge in [0.2, 0.25) is 5.91 Å². The maximum atomic E-state index is 12.5. The van der Waals surface area contributed by atoms with Gasteiger partial charge in [-0.1, -0.05) is 0 Å². The second-order valence-corrected chi connectivity index (χ2v) is 7.24. The molecular weight excluding hydrogens is 326 g/mol. The third kappa shape index (κ3) is 4.00. The van der Waals surface area contributed by atoms with Gasteiger partial charge in [0.05, 0.1) is 31.0 Å². The number of amides is 1. The van der Waals surface area contributed by atoms with Crippen LogP contribution in [0.1, 0.15) is 17.5 Å². The maximum Gasteiger partial charge on any atom is 0.243 e. The number of ether oxygens (including phenoxy) is 1. The molecule has 1 saturated heterocycles. The van der Waals surface area contributed by atoms with Gasteiger partial charge in [0.25, 0.3) is 0 Å². The van der Waals surface area contributed by atoms with Crippen molar-refractivity contribution in [1.29, 1.82) is 0 Å². The highest BCUT2D eigenvalue weighted by molar-refractivity contribution is 7.15. The largest absolute Gasteiger partial charge is 0.374 e. The Morgan fingerprint density at radius 3 is 3.04 bits per heavy atom. The molecule has 0 saturated carbocycles. The van der Waals surface area contributed by atoms with Crippen LogP contribution in [0.25, 0.3) is 0 Å². The van der Waals surface area contributed by atoms with Crippen molar-refractivity contribution >= 4 is 22.4 Å². The highest BCUT2D eigenvalue weighted by Crippen LogP contribution is 2.21. The lowest BCUT2D eigenvalue weighted by Gasteiger charge is -2.35. The molecular formula is C16H23N5O2S. The predicted molar refractivity (Wildman–Crippen MR) is 93.2 cm³/mol. The number of aromatic nitrogens is 3. The van der Waals surface area contributed by atoms with E-state index in [-0.39, 0.29) is 18.1 Å². The molecule has 1 fully saturated rings. The molecule has 0 aliphatic carbocycles. The average molecular weight is 349 g/mol. The molecule has 130 valence electrons. The maximum absolute atomic E-state index is 12.5. The van der Waals surface area contributed by atoms with Gasteiger partial charge in [0.15, 0.2) is 5.13 Å². The fourth-order valence-electron chi connectivity index (χ4n) is 2.72. The van der Waals surface area contributed by atoms with Gasteiger partial charge in [-0.2, -0.15) is 5.10 Å². The van der Waals surface area contributed by atoms with Crippen molar-refractivity contribution in [2.45, 2.75) is 39.5 Å². The van der Waals surface area contributed by atoms with Crippen LogP contribution in [0.3, 0.4) is 0 Å². The molecule has 7 nitrogen and oxygen atoms in total. The summed E-state index contributed by atoms with van der Waals surface area (Å²) in [6.45, 7) is 8.67. The second kappa shape index (κ2) is 7.42. The van der Waals surface area contributed by atoms with Crippen molar-refractivity contribution in [1.82, 2.24) is 19.7 Å². The smallest absolute Gasteiger partial charge is 0.243 e. The van der Waals surface area contributed by atoms with Gasteiger partial charge in [-0.25, -0.2) is 4.98 Å². The summed E-state index contributed by atoms with van der Waals surface area (Å²) in [7, 11) is 0. The first-order valence-corrected chi connectivity index (χ1v) is 8.92. The minimum Gasteiger partial charge on any atom is -0.374 e. The lowest BCUT2D eigenvalue weighted by Crippen LogP contribution is -2.51. The zero-order valence-electron chi connectivity index (χ0n) is 14.2. The second-order valence-electron chi connectivity index (χ2n) is 6.04. The minimum atomic E-state index is -0.224. The summed E-state index contributed by atoms with van der Waals surface area (Å²) in [5, 5.41) is 7.81. The topological polar surface area (TPSA) is 72.3 Å². The average Bonchev–Trinajstić information content (AvgIpc) is 3.17. The summed E-state index contributed by atoms with van der Waals surface area (Å²) in [6.07, 6.45) is 3.72. The predicted octanol–water partition coefficient (Wildman–Crippen LogP) is 1.68. The summed E-state index contributed by atoms with van der Waals surface area (Å²) in [5.74, 6) is -0.0245. The minimum absolute atomic E-state index is 0.0245. The molecule has 0 radical (unpaired) electrons. The van der Waals surface area contributed by atoms with E-state index >= 15 is 0 Å². The van der Waals surface area contributed by atoms with Crippen molar-refractivity contribution < 1.29 is 9.53 Å². The number of nitrogens with one attached hydrogen (secondary N) is 1. The Morgan fingerprint density at radius 1 is 1.54 bits per heavy atom. The van der Waals surface area contributed by atoms with Crippen LogP contribution in [0.5, 0.6) is 0 Å². The number of anilines is 1. The summed E-state index contributed by atoms with van der Waals surface area (Å²) >= 11 is 1.51. The molecule has 2 atom stereocenters. The number of rotatable bonds is 5. The van der Waals surface area contributed by atoms with Crippen molar-refractivity contribution in [2.24, 2.45) is 0 Å². The molecule has 1 N–H and O–H groups in total. The lowest BCUT2D eigenvalue weighted by molar-refractivity contribution is -0.124. The van der Waals surface area contributed by atoms with Gasteiger partial charge in [0, 0.05) is 30.4 Å². The van der Waals surface area contributed by atoms with E-state index in [0.717, 1.165) is 17.1 Å². The molecule has 3 rings (SSSR count).